The molecule has 0 aliphatic heterocycles. The molecule has 22 heavy (non-hydrogen) atoms. The fourth-order valence-corrected chi connectivity index (χ4v) is 1.98. The van der Waals surface area contributed by atoms with Gasteiger partial charge in [-0.05, 0) is 17.7 Å². The summed E-state index contributed by atoms with van der Waals surface area (Å²) in [6, 6.07) is 17.1. The molecule has 1 heterocycles. The van der Waals surface area contributed by atoms with Crippen LogP contribution in [0.4, 0.5) is 0 Å². The van der Waals surface area contributed by atoms with Gasteiger partial charge in [-0.25, -0.2) is 9.48 Å². The highest BCUT2D eigenvalue weighted by Gasteiger charge is 2.12. The van der Waals surface area contributed by atoms with Crippen molar-refractivity contribution in [3.63, 3.8) is 0 Å². The van der Waals surface area contributed by atoms with Crippen molar-refractivity contribution in [1.82, 2.24) is 15.0 Å². The number of hydrogen-bond donors (Lipinski definition) is 1. The fraction of sp³-hybridized carbons (Fsp3) is 0.0625. The van der Waals surface area contributed by atoms with E-state index in [1.807, 2.05) is 42.5 Å². The molecule has 0 aliphatic rings. The van der Waals surface area contributed by atoms with Gasteiger partial charge >= 0.3 is 5.97 Å². The minimum absolute atomic E-state index is 0.113. The number of benzene rings is 2. The van der Waals surface area contributed by atoms with Crippen molar-refractivity contribution in [2.45, 2.75) is 6.61 Å². The van der Waals surface area contributed by atoms with Crippen LogP contribution in [0.5, 0.6) is 5.75 Å². The molecule has 6 heteroatoms. The molecule has 0 saturated heterocycles. The Kier molecular flexibility index (Phi) is 3.82. The Labute approximate surface area is 126 Å². The zero-order valence-corrected chi connectivity index (χ0v) is 11.6. The Balaban J connectivity index is 1.84. The molecular formula is C16H13N3O3. The van der Waals surface area contributed by atoms with Crippen LogP contribution in [0.2, 0.25) is 0 Å². The quantitative estimate of drug-likeness (QED) is 0.782. The van der Waals surface area contributed by atoms with Crippen LogP contribution in [0.3, 0.4) is 0 Å². The van der Waals surface area contributed by atoms with Crippen molar-refractivity contribution in [2.24, 2.45) is 0 Å². The molecule has 1 aromatic heterocycles. The normalized spacial score (nSPS) is 10.4. The van der Waals surface area contributed by atoms with E-state index in [0.717, 1.165) is 5.56 Å². The lowest BCUT2D eigenvalue weighted by atomic mass is 10.2. The molecule has 0 aliphatic carbocycles. The fourth-order valence-electron chi connectivity index (χ4n) is 1.98. The van der Waals surface area contributed by atoms with Gasteiger partial charge in [0.15, 0.2) is 5.69 Å². The van der Waals surface area contributed by atoms with Crippen molar-refractivity contribution >= 4 is 5.97 Å². The molecule has 0 saturated carbocycles. The number of ether oxygens (including phenoxy) is 1. The molecule has 0 bridgehead atoms. The van der Waals surface area contributed by atoms with Crippen LogP contribution in [0.1, 0.15) is 16.1 Å². The van der Waals surface area contributed by atoms with Crippen LogP contribution in [0.15, 0.2) is 60.8 Å². The van der Waals surface area contributed by atoms with E-state index in [9.17, 15) is 4.79 Å². The second-order valence-electron chi connectivity index (χ2n) is 4.60. The van der Waals surface area contributed by atoms with Crippen molar-refractivity contribution in [2.75, 3.05) is 0 Å². The first kappa shape index (κ1) is 13.8. The third-order valence-electron chi connectivity index (χ3n) is 3.06. The molecule has 1 N–H and O–H groups in total. The summed E-state index contributed by atoms with van der Waals surface area (Å²) in [4.78, 5) is 10.9. The number of carboxylic acid groups (broad SMARTS) is 1. The summed E-state index contributed by atoms with van der Waals surface area (Å²) >= 11 is 0. The highest BCUT2D eigenvalue weighted by atomic mass is 16.5. The molecule has 0 spiro atoms. The van der Waals surface area contributed by atoms with Gasteiger partial charge in [0.25, 0.3) is 0 Å². The molecule has 0 fully saturated rings. The molecule has 0 atom stereocenters. The number of rotatable bonds is 5. The second kappa shape index (κ2) is 6.09. The summed E-state index contributed by atoms with van der Waals surface area (Å²) in [7, 11) is 0. The minimum Gasteiger partial charge on any atom is -0.487 e. The lowest BCUT2D eigenvalue weighted by molar-refractivity contribution is 0.0690. The smallest absolute Gasteiger partial charge is 0.358 e. The number of hydrogen-bond acceptors (Lipinski definition) is 4. The summed E-state index contributed by atoms with van der Waals surface area (Å²) in [5, 5.41) is 16.4. The van der Waals surface area contributed by atoms with E-state index in [-0.39, 0.29) is 5.69 Å². The van der Waals surface area contributed by atoms with E-state index in [4.69, 9.17) is 9.84 Å². The predicted molar refractivity (Wildman–Crippen MR) is 79.1 cm³/mol. The van der Waals surface area contributed by atoms with Crippen molar-refractivity contribution in [3.8, 4) is 11.4 Å². The van der Waals surface area contributed by atoms with E-state index in [0.29, 0.717) is 18.0 Å². The lowest BCUT2D eigenvalue weighted by Gasteiger charge is -2.10. The van der Waals surface area contributed by atoms with Gasteiger partial charge in [0.2, 0.25) is 0 Å². The second-order valence-corrected chi connectivity index (χ2v) is 4.60. The van der Waals surface area contributed by atoms with E-state index in [1.165, 1.54) is 10.9 Å². The van der Waals surface area contributed by atoms with Crippen LogP contribution < -0.4 is 4.74 Å². The highest BCUT2D eigenvalue weighted by molar-refractivity contribution is 5.84. The first-order valence-electron chi connectivity index (χ1n) is 6.66. The maximum Gasteiger partial charge on any atom is 0.358 e. The summed E-state index contributed by atoms with van der Waals surface area (Å²) in [6.07, 6.45) is 1.35. The number of carbonyl (C=O) groups is 1. The topological polar surface area (TPSA) is 77.2 Å². The third kappa shape index (κ3) is 2.95. The van der Waals surface area contributed by atoms with Gasteiger partial charge in [-0.3, -0.25) is 0 Å². The van der Waals surface area contributed by atoms with Gasteiger partial charge in [-0.2, -0.15) is 0 Å². The molecule has 0 amide bonds. The van der Waals surface area contributed by atoms with Crippen molar-refractivity contribution in [1.29, 1.82) is 0 Å². The molecular weight excluding hydrogens is 282 g/mol. The van der Waals surface area contributed by atoms with Gasteiger partial charge in [0.1, 0.15) is 18.0 Å². The van der Waals surface area contributed by atoms with Crippen molar-refractivity contribution < 1.29 is 14.6 Å². The monoisotopic (exact) mass is 295 g/mol. The van der Waals surface area contributed by atoms with Gasteiger partial charge < -0.3 is 9.84 Å². The summed E-state index contributed by atoms with van der Waals surface area (Å²) in [5.74, 6) is -0.512. The van der Waals surface area contributed by atoms with Gasteiger partial charge in [0.05, 0.1) is 6.20 Å². The molecule has 110 valence electrons. The van der Waals surface area contributed by atoms with Gasteiger partial charge in [-0.1, -0.05) is 47.7 Å². The largest absolute Gasteiger partial charge is 0.487 e. The van der Waals surface area contributed by atoms with E-state index in [1.54, 1.807) is 12.1 Å². The van der Waals surface area contributed by atoms with Crippen LogP contribution in [-0.2, 0) is 6.61 Å². The Morgan fingerprint density at radius 2 is 1.82 bits per heavy atom. The van der Waals surface area contributed by atoms with E-state index >= 15 is 0 Å². The Morgan fingerprint density at radius 1 is 1.09 bits per heavy atom. The van der Waals surface area contributed by atoms with Gasteiger partial charge in [-0.15, -0.1) is 5.10 Å². The molecule has 0 unspecified atom stereocenters. The van der Waals surface area contributed by atoms with E-state index < -0.39 is 5.97 Å². The number of para-hydroxylation sites is 2. The Morgan fingerprint density at radius 3 is 2.55 bits per heavy atom. The summed E-state index contributed by atoms with van der Waals surface area (Å²) in [5.41, 5.74) is 1.57. The minimum atomic E-state index is -1.12. The standard InChI is InChI=1S/C16H13N3O3/c20-16(21)13-10-19(18-17-13)14-8-4-5-9-15(14)22-11-12-6-2-1-3-7-12/h1-10H,11H2,(H,20,21). The Hall–Kier alpha value is -3.15. The van der Waals surface area contributed by atoms with Crippen LogP contribution in [-0.4, -0.2) is 26.1 Å². The highest BCUT2D eigenvalue weighted by Crippen LogP contribution is 2.22. The molecule has 3 rings (SSSR count). The molecule has 6 nitrogen and oxygen atoms in total. The maximum absolute atomic E-state index is 10.9. The third-order valence-corrected chi connectivity index (χ3v) is 3.06. The average Bonchev–Trinajstić information content (AvgIpc) is 3.04. The van der Waals surface area contributed by atoms with Gasteiger partial charge in [0, 0.05) is 0 Å². The molecule has 0 radical (unpaired) electrons. The predicted octanol–water partition coefficient (Wildman–Crippen LogP) is 2.54. The van der Waals surface area contributed by atoms with Crippen LogP contribution in [0.25, 0.3) is 5.69 Å². The maximum atomic E-state index is 10.9. The molecule has 2 aromatic carbocycles. The van der Waals surface area contributed by atoms with Crippen molar-refractivity contribution in [3.05, 3.63) is 72.1 Å². The average molecular weight is 295 g/mol. The first-order chi connectivity index (χ1) is 10.7. The Bertz CT molecular complexity index is 784. The summed E-state index contributed by atoms with van der Waals surface area (Å²) < 4.78 is 7.20. The first-order valence-corrected chi connectivity index (χ1v) is 6.66. The molecule has 3 aromatic rings. The number of nitrogens with zero attached hydrogens (tertiary/aromatic N) is 3. The number of aromatic carboxylic acids is 1. The summed E-state index contributed by atoms with van der Waals surface area (Å²) in [6.45, 7) is 0.415. The zero-order chi connectivity index (χ0) is 15.4. The number of carboxylic acids is 1. The lowest BCUT2D eigenvalue weighted by Crippen LogP contribution is -2.02. The number of aromatic nitrogens is 3. The zero-order valence-electron chi connectivity index (χ0n) is 11.6. The van der Waals surface area contributed by atoms with Crippen LogP contribution in [0, 0.1) is 0 Å². The van der Waals surface area contributed by atoms with E-state index in [2.05, 4.69) is 10.3 Å². The SMILES string of the molecule is O=C(O)c1cn(-c2ccccc2OCc2ccccc2)nn1. The van der Waals surface area contributed by atoms with Crippen LogP contribution >= 0.6 is 0 Å².